The van der Waals surface area contributed by atoms with Crippen LogP contribution < -0.4 is 10.5 Å². The number of nitrogens with zero attached hydrogens (tertiary/aromatic N) is 1. The third-order valence-corrected chi connectivity index (χ3v) is 4.99. The van der Waals surface area contributed by atoms with Crippen LogP contribution in [-0.4, -0.2) is 8.42 Å². The van der Waals surface area contributed by atoms with Gasteiger partial charge in [-0.25, -0.2) is 8.42 Å². The van der Waals surface area contributed by atoms with Crippen molar-refractivity contribution in [2.45, 2.75) is 11.8 Å². The summed E-state index contributed by atoms with van der Waals surface area (Å²) in [4.78, 5) is 0.0357. The molecule has 0 radical (unpaired) electrons. The van der Waals surface area contributed by atoms with Crippen LogP contribution in [0.4, 0.5) is 11.4 Å². The number of aryl methyl sites for hydroxylation is 1. The molecule has 108 valence electrons. The van der Waals surface area contributed by atoms with E-state index in [0.717, 1.165) is 0 Å². The monoisotopic (exact) mass is 365 g/mol. The summed E-state index contributed by atoms with van der Waals surface area (Å²) in [6.07, 6.45) is 0. The Hall–Kier alpha value is -2.04. The first kappa shape index (κ1) is 15.4. The molecule has 3 N–H and O–H groups in total. The molecule has 0 bridgehead atoms. The normalized spacial score (nSPS) is 10.9. The molecular formula is C14H12BrN3O2S. The predicted molar refractivity (Wildman–Crippen MR) is 85.3 cm³/mol. The molecular weight excluding hydrogens is 354 g/mol. The minimum absolute atomic E-state index is 0.0357. The van der Waals surface area contributed by atoms with Crippen LogP contribution in [0.25, 0.3) is 0 Å². The van der Waals surface area contributed by atoms with Gasteiger partial charge in [0.15, 0.2) is 0 Å². The van der Waals surface area contributed by atoms with Gasteiger partial charge >= 0.3 is 0 Å². The lowest BCUT2D eigenvalue weighted by Gasteiger charge is -2.11. The fraction of sp³-hybridized carbons (Fsp3) is 0.0714. The molecule has 0 spiro atoms. The number of anilines is 2. The van der Waals surface area contributed by atoms with Crippen molar-refractivity contribution < 1.29 is 8.42 Å². The number of hydrogen-bond acceptors (Lipinski definition) is 4. The zero-order valence-electron chi connectivity index (χ0n) is 11.1. The highest BCUT2D eigenvalue weighted by Crippen LogP contribution is 2.26. The highest BCUT2D eigenvalue weighted by Gasteiger charge is 2.17. The molecule has 0 heterocycles. The van der Waals surface area contributed by atoms with Gasteiger partial charge in [0.05, 0.1) is 16.1 Å². The van der Waals surface area contributed by atoms with Crippen LogP contribution in [0.15, 0.2) is 45.8 Å². The van der Waals surface area contributed by atoms with E-state index < -0.39 is 10.0 Å². The first-order chi connectivity index (χ1) is 9.85. The van der Waals surface area contributed by atoms with Gasteiger partial charge in [0.2, 0.25) is 0 Å². The van der Waals surface area contributed by atoms with E-state index in [2.05, 4.69) is 20.7 Å². The van der Waals surface area contributed by atoms with Gasteiger partial charge in [-0.05, 0) is 52.7 Å². The smallest absolute Gasteiger partial charge is 0.262 e. The Morgan fingerprint density at radius 1 is 1.29 bits per heavy atom. The number of sulfonamides is 1. The zero-order chi connectivity index (χ0) is 15.6. The number of halogens is 1. The van der Waals surface area contributed by atoms with E-state index in [-0.39, 0.29) is 10.6 Å². The fourth-order valence-electron chi connectivity index (χ4n) is 1.79. The summed E-state index contributed by atoms with van der Waals surface area (Å²) in [5.74, 6) is 0. The number of nitriles is 1. The van der Waals surface area contributed by atoms with E-state index in [4.69, 9.17) is 11.0 Å². The lowest BCUT2D eigenvalue weighted by molar-refractivity contribution is 0.601. The second kappa shape index (κ2) is 5.76. The second-order valence-corrected chi connectivity index (χ2v) is 6.93. The maximum Gasteiger partial charge on any atom is 0.262 e. The van der Waals surface area contributed by atoms with E-state index in [1.54, 1.807) is 31.2 Å². The number of rotatable bonds is 3. The predicted octanol–water partition coefficient (Wildman–Crippen LogP) is 3.01. The summed E-state index contributed by atoms with van der Waals surface area (Å²) in [7, 11) is -3.80. The first-order valence-electron chi connectivity index (χ1n) is 5.92. The lowest BCUT2D eigenvalue weighted by Crippen LogP contribution is -2.14. The molecule has 2 rings (SSSR count). The van der Waals surface area contributed by atoms with Gasteiger partial charge in [0, 0.05) is 10.2 Å². The third-order valence-electron chi connectivity index (χ3n) is 2.91. The Bertz CT molecular complexity index is 842. The van der Waals surface area contributed by atoms with Gasteiger partial charge in [-0.2, -0.15) is 5.26 Å². The SMILES string of the molecule is Cc1cccc(NS(=O)(=O)c2ccc(Br)c(N)c2)c1C#N. The molecule has 0 aromatic heterocycles. The molecule has 0 aliphatic rings. The van der Waals surface area contributed by atoms with Crippen LogP contribution in [0.2, 0.25) is 0 Å². The summed E-state index contributed by atoms with van der Waals surface area (Å²) in [5.41, 5.74) is 7.27. The van der Waals surface area contributed by atoms with Gasteiger partial charge in [0.1, 0.15) is 6.07 Å². The zero-order valence-corrected chi connectivity index (χ0v) is 13.5. The molecule has 0 amide bonds. The van der Waals surface area contributed by atoms with E-state index in [1.165, 1.54) is 12.1 Å². The molecule has 2 aromatic rings. The number of benzene rings is 2. The average molecular weight is 366 g/mol. The molecule has 0 saturated carbocycles. The van der Waals surface area contributed by atoms with Crippen LogP contribution in [0, 0.1) is 18.3 Å². The summed E-state index contributed by atoms with van der Waals surface area (Å²) in [5, 5.41) is 9.14. The van der Waals surface area contributed by atoms with E-state index in [1.807, 2.05) is 6.07 Å². The van der Waals surface area contributed by atoms with Crippen LogP contribution >= 0.6 is 15.9 Å². The Morgan fingerprint density at radius 3 is 2.62 bits per heavy atom. The van der Waals surface area contributed by atoms with Crippen LogP contribution in [0.5, 0.6) is 0 Å². The van der Waals surface area contributed by atoms with Crippen molar-refractivity contribution in [3.05, 3.63) is 52.0 Å². The Labute approximate surface area is 131 Å². The van der Waals surface area contributed by atoms with Gasteiger partial charge < -0.3 is 5.73 Å². The minimum atomic E-state index is -3.80. The molecule has 0 aliphatic heterocycles. The third kappa shape index (κ3) is 3.17. The van der Waals surface area contributed by atoms with Crippen molar-refractivity contribution >= 4 is 37.3 Å². The van der Waals surface area contributed by atoms with Gasteiger partial charge in [-0.3, -0.25) is 4.72 Å². The lowest BCUT2D eigenvalue weighted by atomic mass is 10.1. The summed E-state index contributed by atoms with van der Waals surface area (Å²) in [6, 6.07) is 11.3. The second-order valence-electron chi connectivity index (χ2n) is 4.40. The van der Waals surface area contributed by atoms with Crippen LogP contribution in [0.1, 0.15) is 11.1 Å². The Kier molecular flexibility index (Phi) is 4.21. The van der Waals surface area contributed by atoms with E-state index >= 15 is 0 Å². The quantitative estimate of drug-likeness (QED) is 0.817. The molecule has 21 heavy (non-hydrogen) atoms. The first-order valence-corrected chi connectivity index (χ1v) is 8.20. The summed E-state index contributed by atoms with van der Waals surface area (Å²) >= 11 is 3.21. The highest BCUT2D eigenvalue weighted by atomic mass is 79.9. The maximum atomic E-state index is 12.4. The number of nitrogens with one attached hydrogen (secondary N) is 1. The Morgan fingerprint density at radius 2 is 2.00 bits per heavy atom. The molecule has 0 atom stereocenters. The van der Waals surface area contributed by atoms with E-state index in [9.17, 15) is 8.42 Å². The van der Waals surface area contributed by atoms with Crippen LogP contribution in [-0.2, 0) is 10.0 Å². The fourth-order valence-corrected chi connectivity index (χ4v) is 3.15. The van der Waals surface area contributed by atoms with Gasteiger partial charge in [0.25, 0.3) is 10.0 Å². The maximum absolute atomic E-state index is 12.4. The minimum Gasteiger partial charge on any atom is -0.398 e. The summed E-state index contributed by atoms with van der Waals surface area (Å²) < 4.78 is 27.7. The number of nitrogens with two attached hydrogens (primary N) is 1. The van der Waals surface area contributed by atoms with Crippen molar-refractivity contribution in [3.8, 4) is 6.07 Å². The average Bonchev–Trinajstić information content (AvgIpc) is 2.41. The van der Waals surface area contributed by atoms with Crippen molar-refractivity contribution in [3.63, 3.8) is 0 Å². The van der Waals surface area contributed by atoms with Crippen molar-refractivity contribution in [2.75, 3.05) is 10.5 Å². The molecule has 5 nitrogen and oxygen atoms in total. The van der Waals surface area contributed by atoms with Crippen molar-refractivity contribution in [1.82, 2.24) is 0 Å². The van der Waals surface area contributed by atoms with E-state index in [0.29, 0.717) is 21.3 Å². The molecule has 0 fully saturated rings. The molecule has 7 heteroatoms. The molecule has 0 unspecified atom stereocenters. The Balaban J connectivity index is 2.45. The number of nitrogen functional groups attached to an aromatic ring is 1. The topological polar surface area (TPSA) is 96.0 Å². The number of hydrogen-bond donors (Lipinski definition) is 2. The standard InChI is InChI=1S/C14H12BrN3O2S/c1-9-3-2-4-14(11(9)8-16)18-21(19,20)10-5-6-12(15)13(17)7-10/h2-7,18H,17H2,1H3. The molecule has 0 aliphatic carbocycles. The van der Waals surface area contributed by atoms with Crippen molar-refractivity contribution in [2.24, 2.45) is 0 Å². The van der Waals surface area contributed by atoms with Crippen LogP contribution in [0.3, 0.4) is 0 Å². The highest BCUT2D eigenvalue weighted by molar-refractivity contribution is 9.10. The van der Waals surface area contributed by atoms with Gasteiger partial charge in [-0.1, -0.05) is 12.1 Å². The van der Waals surface area contributed by atoms with Crippen molar-refractivity contribution in [1.29, 1.82) is 5.26 Å². The largest absolute Gasteiger partial charge is 0.398 e. The van der Waals surface area contributed by atoms with Gasteiger partial charge in [-0.15, -0.1) is 0 Å². The molecule has 0 saturated heterocycles. The molecule has 2 aromatic carbocycles. The summed E-state index contributed by atoms with van der Waals surface area (Å²) in [6.45, 7) is 1.74.